The van der Waals surface area contributed by atoms with Gasteiger partial charge in [-0.3, -0.25) is 0 Å². The Morgan fingerprint density at radius 2 is 1.30 bits per heavy atom. The van der Waals surface area contributed by atoms with Gasteiger partial charge in [-0.1, -0.05) is 81.7 Å². The SMILES string of the molecule is C[Si](C)(C)N(Cc1cccc2ccccc12)[Si](C)(C)C. The van der Waals surface area contributed by atoms with Crippen LogP contribution >= 0.6 is 0 Å². The molecule has 0 aromatic heterocycles. The summed E-state index contributed by atoms with van der Waals surface area (Å²) in [6.07, 6.45) is 0. The lowest BCUT2D eigenvalue weighted by Gasteiger charge is -2.43. The highest BCUT2D eigenvalue weighted by Gasteiger charge is 2.34. The molecule has 0 fully saturated rings. The van der Waals surface area contributed by atoms with Crippen LogP contribution in [0.1, 0.15) is 5.56 Å². The molecule has 0 unspecified atom stereocenters. The summed E-state index contributed by atoms with van der Waals surface area (Å²) in [6, 6.07) is 15.5. The molecule has 20 heavy (non-hydrogen) atoms. The van der Waals surface area contributed by atoms with E-state index in [1.807, 2.05) is 0 Å². The van der Waals surface area contributed by atoms with Crippen LogP contribution in [0.3, 0.4) is 0 Å². The van der Waals surface area contributed by atoms with Gasteiger partial charge >= 0.3 is 0 Å². The minimum absolute atomic E-state index is 1.10. The molecule has 2 rings (SSSR count). The second kappa shape index (κ2) is 5.47. The summed E-state index contributed by atoms with van der Waals surface area (Å²) in [5.74, 6) is 0. The largest absolute Gasteiger partial charge is 0.342 e. The van der Waals surface area contributed by atoms with Crippen LogP contribution in [0, 0.1) is 0 Å². The molecule has 0 saturated carbocycles. The van der Waals surface area contributed by atoms with E-state index in [4.69, 9.17) is 0 Å². The second-order valence-corrected chi connectivity index (χ2v) is 17.8. The highest BCUT2D eigenvalue weighted by Crippen LogP contribution is 2.26. The van der Waals surface area contributed by atoms with Crippen LogP contribution in [-0.4, -0.2) is 20.7 Å². The van der Waals surface area contributed by atoms with Gasteiger partial charge in [0, 0.05) is 6.54 Å². The molecule has 3 heteroatoms. The fraction of sp³-hybridized carbons (Fsp3) is 0.412. The average molecular weight is 302 g/mol. The number of hydrogen-bond acceptors (Lipinski definition) is 1. The molecule has 108 valence electrons. The van der Waals surface area contributed by atoms with E-state index >= 15 is 0 Å². The predicted octanol–water partition coefficient (Wildman–Crippen LogP) is 5.31. The van der Waals surface area contributed by atoms with Crippen molar-refractivity contribution in [3.05, 3.63) is 48.0 Å². The van der Waals surface area contributed by atoms with Gasteiger partial charge in [-0.15, -0.1) is 0 Å². The van der Waals surface area contributed by atoms with Crippen molar-refractivity contribution in [2.24, 2.45) is 0 Å². The highest BCUT2D eigenvalue weighted by atomic mass is 28.4. The van der Waals surface area contributed by atoms with Crippen LogP contribution in [0.25, 0.3) is 10.8 Å². The van der Waals surface area contributed by atoms with Crippen molar-refractivity contribution >= 4 is 27.2 Å². The van der Waals surface area contributed by atoms with Crippen molar-refractivity contribution < 1.29 is 0 Å². The lowest BCUT2D eigenvalue weighted by atomic mass is 10.1. The summed E-state index contributed by atoms with van der Waals surface area (Å²) >= 11 is 0. The normalized spacial score (nSPS) is 13.2. The summed E-state index contributed by atoms with van der Waals surface area (Å²) in [6.45, 7) is 15.9. The zero-order chi connectivity index (χ0) is 15.0. The molecule has 0 bridgehead atoms. The topological polar surface area (TPSA) is 3.24 Å². The molecule has 0 aliphatic carbocycles. The molecule has 0 radical (unpaired) electrons. The maximum atomic E-state index is 2.85. The molecule has 0 aliphatic rings. The van der Waals surface area contributed by atoms with Gasteiger partial charge < -0.3 is 4.23 Å². The van der Waals surface area contributed by atoms with Gasteiger partial charge in [0.1, 0.15) is 16.5 Å². The van der Waals surface area contributed by atoms with Gasteiger partial charge in [0.05, 0.1) is 0 Å². The minimum Gasteiger partial charge on any atom is -0.342 e. The first-order valence-corrected chi connectivity index (χ1v) is 14.3. The minimum atomic E-state index is -1.30. The van der Waals surface area contributed by atoms with Crippen LogP contribution in [0.4, 0.5) is 0 Å². The molecular weight excluding hydrogens is 274 g/mol. The predicted molar refractivity (Wildman–Crippen MR) is 96.2 cm³/mol. The lowest BCUT2D eigenvalue weighted by molar-refractivity contribution is 0.615. The van der Waals surface area contributed by atoms with Crippen LogP contribution < -0.4 is 0 Å². The summed E-state index contributed by atoms with van der Waals surface area (Å²) in [7, 11) is -2.59. The van der Waals surface area contributed by atoms with Gasteiger partial charge in [-0.2, -0.15) is 0 Å². The monoisotopic (exact) mass is 301 g/mol. The standard InChI is InChI=1S/C17H27NSi2/c1-19(2,3)18(20(4,5)6)14-16-12-9-11-15-10-7-8-13-17(15)16/h7-13H,14H2,1-6H3. The number of fused-ring (bicyclic) bond motifs is 1. The van der Waals surface area contributed by atoms with Gasteiger partial charge in [0.15, 0.2) is 0 Å². The van der Waals surface area contributed by atoms with E-state index in [9.17, 15) is 0 Å². The van der Waals surface area contributed by atoms with E-state index in [0.29, 0.717) is 0 Å². The molecule has 2 aromatic carbocycles. The van der Waals surface area contributed by atoms with Crippen LogP contribution in [0.5, 0.6) is 0 Å². The molecule has 0 atom stereocenters. The molecule has 1 nitrogen and oxygen atoms in total. The Kier molecular flexibility index (Phi) is 4.23. The molecule has 2 aromatic rings. The first-order chi connectivity index (χ1) is 9.19. The molecule has 0 N–H and O–H groups in total. The van der Waals surface area contributed by atoms with Crippen LogP contribution in [0.15, 0.2) is 42.5 Å². The average Bonchev–Trinajstić information content (AvgIpc) is 2.33. The third-order valence-electron chi connectivity index (χ3n) is 3.83. The summed E-state index contributed by atoms with van der Waals surface area (Å²) in [5.41, 5.74) is 1.48. The van der Waals surface area contributed by atoms with Crippen molar-refractivity contribution in [1.82, 2.24) is 4.23 Å². The molecule has 0 amide bonds. The smallest absolute Gasteiger partial charge is 0.112 e. The summed E-state index contributed by atoms with van der Waals surface area (Å²) in [5, 5.41) is 2.77. The third-order valence-corrected chi connectivity index (χ3v) is 11.4. The first-order valence-electron chi connectivity index (χ1n) is 7.44. The highest BCUT2D eigenvalue weighted by molar-refractivity contribution is 6.89. The Bertz CT molecular complexity index is 574. The van der Waals surface area contributed by atoms with Crippen molar-refractivity contribution in [3.8, 4) is 0 Å². The van der Waals surface area contributed by atoms with E-state index in [1.54, 1.807) is 0 Å². The fourth-order valence-corrected chi connectivity index (χ4v) is 12.4. The zero-order valence-electron chi connectivity index (χ0n) is 13.7. The van der Waals surface area contributed by atoms with Gasteiger partial charge in [0.25, 0.3) is 0 Å². The van der Waals surface area contributed by atoms with Crippen molar-refractivity contribution in [2.45, 2.75) is 45.8 Å². The Hall–Kier alpha value is -0.906. The number of hydrogen-bond donors (Lipinski definition) is 0. The molecule has 0 saturated heterocycles. The Labute approximate surface area is 125 Å². The van der Waals surface area contributed by atoms with Gasteiger partial charge in [0.2, 0.25) is 0 Å². The van der Waals surface area contributed by atoms with E-state index in [0.717, 1.165) is 6.54 Å². The number of nitrogens with zero attached hydrogens (tertiary/aromatic N) is 1. The van der Waals surface area contributed by atoms with Crippen molar-refractivity contribution in [3.63, 3.8) is 0 Å². The number of benzene rings is 2. The van der Waals surface area contributed by atoms with Crippen LogP contribution in [0.2, 0.25) is 39.3 Å². The fourth-order valence-electron chi connectivity index (χ4n) is 3.08. The van der Waals surface area contributed by atoms with Crippen LogP contribution in [-0.2, 0) is 6.54 Å². The van der Waals surface area contributed by atoms with E-state index < -0.39 is 16.5 Å². The zero-order valence-corrected chi connectivity index (χ0v) is 15.7. The molecule has 0 heterocycles. The lowest BCUT2D eigenvalue weighted by Crippen LogP contribution is -2.58. The Morgan fingerprint density at radius 3 is 1.90 bits per heavy atom. The number of rotatable bonds is 4. The second-order valence-electron chi connectivity index (χ2n) is 7.57. The Balaban J connectivity index is 2.44. The first kappa shape index (κ1) is 15.5. The molecular formula is C17H27NSi2. The maximum absolute atomic E-state index is 2.85. The molecule has 0 spiro atoms. The maximum Gasteiger partial charge on any atom is 0.112 e. The van der Waals surface area contributed by atoms with Gasteiger partial charge in [-0.25, -0.2) is 0 Å². The molecule has 0 aliphatic heterocycles. The summed E-state index contributed by atoms with van der Waals surface area (Å²) in [4.78, 5) is 0. The van der Waals surface area contributed by atoms with E-state index in [2.05, 4.69) is 86.0 Å². The third kappa shape index (κ3) is 3.40. The van der Waals surface area contributed by atoms with E-state index in [1.165, 1.54) is 16.3 Å². The Morgan fingerprint density at radius 1 is 0.750 bits per heavy atom. The van der Waals surface area contributed by atoms with Gasteiger partial charge in [-0.05, 0) is 16.3 Å². The van der Waals surface area contributed by atoms with E-state index in [-0.39, 0.29) is 0 Å². The van der Waals surface area contributed by atoms with Crippen molar-refractivity contribution in [2.75, 3.05) is 0 Å². The quantitative estimate of drug-likeness (QED) is 0.692. The summed E-state index contributed by atoms with van der Waals surface area (Å²) < 4.78 is 2.85. The van der Waals surface area contributed by atoms with Crippen molar-refractivity contribution in [1.29, 1.82) is 0 Å².